The van der Waals surface area contributed by atoms with E-state index in [1.807, 2.05) is 0 Å². The van der Waals surface area contributed by atoms with Crippen molar-refractivity contribution in [3.63, 3.8) is 0 Å². The predicted molar refractivity (Wildman–Crippen MR) is 58.1 cm³/mol. The molecular formula is C9H17F3N2O2S. The zero-order valence-electron chi connectivity index (χ0n) is 9.63. The topological polar surface area (TPSA) is 49.4 Å². The van der Waals surface area contributed by atoms with Crippen LogP contribution in [-0.4, -0.2) is 51.3 Å². The van der Waals surface area contributed by atoms with Crippen LogP contribution in [0.4, 0.5) is 13.2 Å². The van der Waals surface area contributed by atoms with E-state index in [-0.39, 0.29) is 11.7 Å². The highest BCUT2D eigenvalue weighted by atomic mass is 32.2. The Morgan fingerprint density at radius 2 is 2.06 bits per heavy atom. The molecule has 0 aromatic rings. The van der Waals surface area contributed by atoms with Gasteiger partial charge >= 0.3 is 6.18 Å². The molecule has 0 amide bonds. The van der Waals surface area contributed by atoms with Crippen LogP contribution < -0.4 is 5.32 Å². The lowest BCUT2D eigenvalue weighted by molar-refractivity contribution is -0.134. The van der Waals surface area contributed by atoms with Gasteiger partial charge in [-0.05, 0) is 31.8 Å². The minimum absolute atomic E-state index is 0.0931. The molecule has 0 aliphatic carbocycles. The molecule has 1 saturated heterocycles. The maximum atomic E-state index is 12.1. The molecule has 0 radical (unpaired) electrons. The molecule has 0 aromatic carbocycles. The molecule has 17 heavy (non-hydrogen) atoms. The second-order valence-corrected chi connectivity index (χ2v) is 6.48. The van der Waals surface area contributed by atoms with Crippen LogP contribution in [0, 0.1) is 5.92 Å². The quantitative estimate of drug-likeness (QED) is 0.825. The van der Waals surface area contributed by atoms with Crippen molar-refractivity contribution in [2.45, 2.75) is 19.0 Å². The Kier molecular flexibility index (Phi) is 4.79. The maximum absolute atomic E-state index is 12.1. The Hall–Kier alpha value is -0.340. The fourth-order valence-corrected chi connectivity index (χ4v) is 3.32. The third-order valence-corrected chi connectivity index (χ3v) is 4.69. The normalized spacial score (nSPS) is 23.0. The number of nitrogens with zero attached hydrogens (tertiary/aromatic N) is 1. The van der Waals surface area contributed by atoms with Crippen molar-refractivity contribution in [3.05, 3.63) is 0 Å². The van der Waals surface area contributed by atoms with Crippen molar-refractivity contribution in [2.75, 3.05) is 32.4 Å². The molecule has 0 spiro atoms. The third-order valence-electron chi connectivity index (χ3n) is 2.72. The maximum Gasteiger partial charge on any atom is 0.402 e. The minimum Gasteiger partial charge on any atom is -0.316 e. The Balaban J connectivity index is 2.54. The average molecular weight is 274 g/mol. The molecule has 1 unspecified atom stereocenters. The molecule has 4 nitrogen and oxygen atoms in total. The van der Waals surface area contributed by atoms with Gasteiger partial charge in [0, 0.05) is 7.05 Å². The average Bonchev–Trinajstić information content (AvgIpc) is 2.15. The van der Waals surface area contributed by atoms with Gasteiger partial charge < -0.3 is 5.32 Å². The van der Waals surface area contributed by atoms with E-state index >= 15 is 0 Å². The van der Waals surface area contributed by atoms with E-state index in [2.05, 4.69) is 5.32 Å². The molecule has 1 N–H and O–H groups in total. The first-order valence-electron chi connectivity index (χ1n) is 5.42. The van der Waals surface area contributed by atoms with Crippen molar-refractivity contribution in [3.8, 4) is 0 Å². The van der Waals surface area contributed by atoms with Gasteiger partial charge in [0.05, 0.1) is 5.75 Å². The molecule has 1 aliphatic rings. The molecule has 1 atom stereocenters. The van der Waals surface area contributed by atoms with Crippen molar-refractivity contribution in [1.29, 1.82) is 0 Å². The summed E-state index contributed by atoms with van der Waals surface area (Å²) in [4.78, 5) is 0. The van der Waals surface area contributed by atoms with E-state index in [1.54, 1.807) is 0 Å². The van der Waals surface area contributed by atoms with Gasteiger partial charge in [-0.1, -0.05) is 0 Å². The lowest BCUT2D eigenvalue weighted by Crippen LogP contribution is -2.41. The van der Waals surface area contributed by atoms with Crippen LogP contribution in [0.25, 0.3) is 0 Å². The Morgan fingerprint density at radius 3 is 2.53 bits per heavy atom. The van der Waals surface area contributed by atoms with Gasteiger partial charge in [-0.2, -0.15) is 17.5 Å². The minimum atomic E-state index is -4.49. The Labute approximate surface area is 99.2 Å². The summed E-state index contributed by atoms with van der Waals surface area (Å²) in [5, 5.41) is 3.04. The monoisotopic (exact) mass is 274 g/mol. The SMILES string of the molecule is CN(CC(F)(F)F)S(=O)(=O)CC1CCCNC1. The lowest BCUT2D eigenvalue weighted by Gasteiger charge is -2.25. The third kappa shape index (κ3) is 5.22. The van der Waals surface area contributed by atoms with Gasteiger partial charge in [-0.3, -0.25) is 0 Å². The number of nitrogens with one attached hydrogen (secondary N) is 1. The molecule has 0 bridgehead atoms. The zero-order valence-corrected chi connectivity index (χ0v) is 10.4. The fraction of sp³-hybridized carbons (Fsp3) is 1.00. The summed E-state index contributed by atoms with van der Waals surface area (Å²) in [6.07, 6.45) is -2.89. The van der Waals surface area contributed by atoms with E-state index in [9.17, 15) is 21.6 Å². The number of sulfonamides is 1. The number of alkyl halides is 3. The van der Waals surface area contributed by atoms with E-state index in [0.29, 0.717) is 10.8 Å². The number of piperidine rings is 1. The van der Waals surface area contributed by atoms with E-state index in [4.69, 9.17) is 0 Å². The van der Waals surface area contributed by atoms with Gasteiger partial charge in [0.15, 0.2) is 0 Å². The Morgan fingerprint density at radius 1 is 1.41 bits per heavy atom. The number of hydrogen-bond acceptors (Lipinski definition) is 3. The second-order valence-electron chi connectivity index (χ2n) is 4.36. The summed E-state index contributed by atoms with van der Waals surface area (Å²) < 4.78 is 60.0. The second kappa shape index (κ2) is 5.53. The van der Waals surface area contributed by atoms with Gasteiger partial charge in [0.1, 0.15) is 6.54 Å². The first-order valence-corrected chi connectivity index (χ1v) is 7.03. The van der Waals surface area contributed by atoms with Gasteiger partial charge in [-0.25, -0.2) is 8.42 Å². The van der Waals surface area contributed by atoms with Crippen LogP contribution in [0.2, 0.25) is 0 Å². The van der Waals surface area contributed by atoms with Crippen LogP contribution in [0.3, 0.4) is 0 Å². The summed E-state index contributed by atoms with van der Waals surface area (Å²) in [6, 6.07) is 0. The number of rotatable bonds is 4. The van der Waals surface area contributed by atoms with Crippen molar-refractivity contribution in [1.82, 2.24) is 9.62 Å². The molecule has 8 heteroatoms. The lowest BCUT2D eigenvalue weighted by atomic mass is 10.0. The smallest absolute Gasteiger partial charge is 0.316 e. The molecule has 1 fully saturated rings. The van der Waals surface area contributed by atoms with Gasteiger partial charge in [0.2, 0.25) is 10.0 Å². The Bertz CT molecular complexity index is 337. The molecule has 1 heterocycles. The molecule has 1 aliphatic heterocycles. The van der Waals surface area contributed by atoms with Gasteiger partial charge in [-0.15, -0.1) is 0 Å². The molecule has 102 valence electrons. The van der Waals surface area contributed by atoms with E-state index < -0.39 is 22.7 Å². The summed E-state index contributed by atoms with van der Waals surface area (Å²) in [7, 11) is -2.85. The van der Waals surface area contributed by atoms with Crippen LogP contribution in [0.5, 0.6) is 0 Å². The van der Waals surface area contributed by atoms with Crippen LogP contribution >= 0.6 is 0 Å². The summed E-state index contributed by atoms with van der Waals surface area (Å²) in [6.45, 7) is -0.0243. The number of halogens is 3. The summed E-state index contributed by atoms with van der Waals surface area (Å²) in [5.74, 6) is -0.309. The standard InChI is InChI=1S/C9H17F3N2O2S/c1-14(7-9(10,11)12)17(15,16)6-8-3-2-4-13-5-8/h8,13H,2-7H2,1H3. The molecule has 0 saturated carbocycles. The van der Waals surface area contributed by atoms with Crippen molar-refractivity contribution in [2.24, 2.45) is 5.92 Å². The highest BCUT2D eigenvalue weighted by Gasteiger charge is 2.35. The summed E-state index contributed by atoms with van der Waals surface area (Å²) >= 11 is 0. The van der Waals surface area contributed by atoms with E-state index in [1.165, 1.54) is 0 Å². The van der Waals surface area contributed by atoms with Gasteiger partial charge in [0.25, 0.3) is 0 Å². The first-order chi connectivity index (χ1) is 7.71. The zero-order chi connectivity index (χ0) is 13.1. The fourth-order valence-electron chi connectivity index (χ4n) is 1.84. The van der Waals surface area contributed by atoms with Crippen LogP contribution in [0.15, 0.2) is 0 Å². The first kappa shape index (κ1) is 14.7. The van der Waals surface area contributed by atoms with Crippen molar-refractivity contribution < 1.29 is 21.6 Å². The number of hydrogen-bond donors (Lipinski definition) is 1. The molecule has 1 rings (SSSR count). The largest absolute Gasteiger partial charge is 0.402 e. The van der Waals surface area contributed by atoms with Crippen LogP contribution in [0.1, 0.15) is 12.8 Å². The highest BCUT2D eigenvalue weighted by molar-refractivity contribution is 7.89. The van der Waals surface area contributed by atoms with Crippen LogP contribution in [-0.2, 0) is 10.0 Å². The highest BCUT2D eigenvalue weighted by Crippen LogP contribution is 2.20. The van der Waals surface area contributed by atoms with Crippen molar-refractivity contribution >= 4 is 10.0 Å². The molecule has 0 aromatic heterocycles. The predicted octanol–water partition coefficient (Wildman–Crippen LogP) is 0.810. The van der Waals surface area contributed by atoms with E-state index in [0.717, 1.165) is 26.4 Å². The summed E-state index contributed by atoms with van der Waals surface area (Å²) in [5.41, 5.74) is 0. The molecular weight excluding hydrogens is 257 g/mol.